The van der Waals surface area contributed by atoms with Crippen molar-refractivity contribution in [2.24, 2.45) is 0 Å². The van der Waals surface area contributed by atoms with Crippen LogP contribution in [0.15, 0.2) is 0 Å². The van der Waals surface area contributed by atoms with Crippen LogP contribution in [0.1, 0.15) is 12.8 Å². The molecule has 1 nitrogen and oxygen atoms in total. The maximum Gasteiger partial charge on any atom is 0.118 e. The van der Waals surface area contributed by atoms with Crippen LogP contribution in [0.2, 0.25) is 0 Å². The predicted molar refractivity (Wildman–Crippen MR) is 28.0 cm³/mol. The molecule has 2 heteroatoms. The van der Waals surface area contributed by atoms with Crippen molar-refractivity contribution >= 4 is 10.4 Å². The minimum Gasteiger partial charge on any atom is -0.328 e. The lowest BCUT2D eigenvalue weighted by molar-refractivity contribution is 0.565. The van der Waals surface area contributed by atoms with Crippen molar-refractivity contribution in [2.75, 3.05) is 13.1 Å². The van der Waals surface area contributed by atoms with Gasteiger partial charge in [0, 0.05) is 0 Å². The summed E-state index contributed by atoms with van der Waals surface area (Å²) in [6.07, 6.45) is 2.78. The molecule has 1 aliphatic rings. The van der Waals surface area contributed by atoms with Crippen LogP contribution in [0.25, 0.3) is 0 Å². The molecule has 1 saturated heterocycles. The maximum absolute atomic E-state index is 2.71. The number of hydrogen-bond acceptors (Lipinski definition) is 1. The SMILES string of the molecule is [SiH]N1CCCC1. The van der Waals surface area contributed by atoms with Gasteiger partial charge in [-0.1, -0.05) is 0 Å². The summed E-state index contributed by atoms with van der Waals surface area (Å²) in [5, 5.41) is 0. The zero-order valence-electron chi connectivity index (χ0n) is 3.85. The van der Waals surface area contributed by atoms with Gasteiger partial charge in [0.25, 0.3) is 0 Å². The average molecular weight is 99.2 g/mol. The van der Waals surface area contributed by atoms with Gasteiger partial charge in [0.15, 0.2) is 0 Å². The number of nitrogens with zero attached hydrogens (tertiary/aromatic N) is 1. The Hall–Kier alpha value is 0.177. The molecule has 0 aromatic carbocycles. The molecule has 0 aromatic rings. The first-order valence-corrected chi connectivity index (χ1v) is 2.91. The summed E-state index contributed by atoms with van der Waals surface area (Å²) in [6, 6.07) is 0. The fourth-order valence-corrected chi connectivity index (χ4v) is 1.11. The van der Waals surface area contributed by atoms with Crippen molar-refractivity contribution in [3.05, 3.63) is 0 Å². The topological polar surface area (TPSA) is 3.24 Å². The molecule has 0 bridgehead atoms. The van der Waals surface area contributed by atoms with Crippen molar-refractivity contribution in [3.8, 4) is 0 Å². The molecule has 1 aliphatic heterocycles. The lowest BCUT2D eigenvalue weighted by atomic mass is 10.4. The van der Waals surface area contributed by atoms with Gasteiger partial charge in [-0.15, -0.1) is 0 Å². The molecule has 0 aliphatic carbocycles. The van der Waals surface area contributed by atoms with Gasteiger partial charge in [-0.3, -0.25) is 0 Å². The van der Waals surface area contributed by atoms with E-state index in [1.165, 1.54) is 25.9 Å². The highest BCUT2D eigenvalue weighted by Crippen LogP contribution is 2.01. The Kier molecular flexibility index (Phi) is 1.27. The molecule has 0 spiro atoms. The summed E-state index contributed by atoms with van der Waals surface area (Å²) in [6.45, 7) is 2.56. The zero-order valence-corrected chi connectivity index (χ0v) is 5.01. The largest absolute Gasteiger partial charge is 0.328 e. The van der Waals surface area contributed by atoms with Crippen LogP contribution in [0.3, 0.4) is 0 Å². The fourth-order valence-electron chi connectivity index (χ4n) is 0.742. The van der Waals surface area contributed by atoms with Crippen LogP contribution >= 0.6 is 0 Å². The first kappa shape index (κ1) is 4.34. The van der Waals surface area contributed by atoms with Crippen molar-refractivity contribution < 1.29 is 0 Å². The standard InChI is InChI=1S/C4H9NSi/c6-5-3-1-2-4-5/h6H,1-4H2. The second-order valence-electron chi connectivity index (χ2n) is 1.74. The van der Waals surface area contributed by atoms with Gasteiger partial charge in [0.05, 0.1) is 0 Å². The van der Waals surface area contributed by atoms with E-state index in [1.807, 2.05) is 0 Å². The average Bonchev–Trinajstić information content (AvgIpc) is 1.86. The second-order valence-corrected chi connectivity index (χ2v) is 2.47. The third-order valence-electron chi connectivity index (χ3n) is 1.14. The highest BCUT2D eigenvalue weighted by atomic mass is 28.2. The Morgan fingerprint density at radius 3 is 1.83 bits per heavy atom. The van der Waals surface area contributed by atoms with Gasteiger partial charge in [-0.25, -0.2) is 0 Å². The van der Waals surface area contributed by atoms with E-state index in [2.05, 4.69) is 15.0 Å². The van der Waals surface area contributed by atoms with E-state index in [-0.39, 0.29) is 0 Å². The Morgan fingerprint density at radius 1 is 1.17 bits per heavy atom. The summed E-state index contributed by atoms with van der Waals surface area (Å²) in [7, 11) is 2.71. The molecule has 6 heavy (non-hydrogen) atoms. The molecule has 0 aromatic heterocycles. The molecule has 0 amide bonds. The molecule has 0 unspecified atom stereocenters. The summed E-state index contributed by atoms with van der Waals surface area (Å²) in [5.74, 6) is 0. The molecule has 1 rings (SSSR count). The van der Waals surface area contributed by atoms with Crippen molar-refractivity contribution in [2.45, 2.75) is 12.8 Å². The second kappa shape index (κ2) is 1.75. The van der Waals surface area contributed by atoms with Crippen LogP contribution in [-0.2, 0) is 0 Å². The minimum absolute atomic E-state index is 1.28. The van der Waals surface area contributed by atoms with Crippen molar-refractivity contribution in [3.63, 3.8) is 0 Å². The molecule has 1 heterocycles. The van der Waals surface area contributed by atoms with Crippen LogP contribution in [0, 0.1) is 0 Å². The summed E-state index contributed by atoms with van der Waals surface area (Å²) in [5.41, 5.74) is 0. The quantitative estimate of drug-likeness (QED) is 0.383. The zero-order chi connectivity index (χ0) is 4.41. The number of hydrogen-bond donors (Lipinski definition) is 0. The van der Waals surface area contributed by atoms with Crippen molar-refractivity contribution in [1.29, 1.82) is 0 Å². The monoisotopic (exact) mass is 99.1 g/mol. The molecule has 0 atom stereocenters. The van der Waals surface area contributed by atoms with Crippen LogP contribution < -0.4 is 0 Å². The summed E-state index contributed by atoms with van der Waals surface area (Å²) in [4.78, 5) is 0. The third-order valence-corrected chi connectivity index (χ3v) is 1.66. The summed E-state index contributed by atoms with van der Waals surface area (Å²) >= 11 is 0. The molecular weight excluding hydrogens is 90.1 g/mol. The Morgan fingerprint density at radius 2 is 1.67 bits per heavy atom. The lowest BCUT2D eigenvalue weighted by Crippen LogP contribution is -2.13. The molecule has 2 radical (unpaired) electrons. The van der Waals surface area contributed by atoms with E-state index in [9.17, 15) is 0 Å². The van der Waals surface area contributed by atoms with Crippen LogP contribution in [0.5, 0.6) is 0 Å². The van der Waals surface area contributed by atoms with E-state index in [4.69, 9.17) is 0 Å². The minimum atomic E-state index is 1.28. The third kappa shape index (κ3) is 0.818. The van der Waals surface area contributed by atoms with E-state index in [0.717, 1.165) is 0 Å². The van der Waals surface area contributed by atoms with E-state index < -0.39 is 0 Å². The molecule has 0 saturated carbocycles. The normalized spacial score (nSPS) is 25.5. The van der Waals surface area contributed by atoms with Gasteiger partial charge in [0.1, 0.15) is 10.4 Å². The summed E-state index contributed by atoms with van der Waals surface area (Å²) < 4.78 is 2.28. The predicted octanol–water partition coefficient (Wildman–Crippen LogP) is -0.102. The van der Waals surface area contributed by atoms with E-state index in [1.54, 1.807) is 0 Å². The fraction of sp³-hybridized carbons (Fsp3) is 1.00. The van der Waals surface area contributed by atoms with Crippen molar-refractivity contribution in [1.82, 2.24) is 4.57 Å². The highest BCUT2D eigenvalue weighted by Gasteiger charge is 2.03. The molecule has 0 N–H and O–H groups in total. The van der Waals surface area contributed by atoms with Crippen LogP contribution in [-0.4, -0.2) is 28.1 Å². The first-order valence-electron chi connectivity index (χ1n) is 2.39. The Labute approximate surface area is 41.8 Å². The highest BCUT2D eigenvalue weighted by molar-refractivity contribution is 6.04. The van der Waals surface area contributed by atoms with Gasteiger partial charge in [-0.05, 0) is 25.9 Å². The van der Waals surface area contributed by atoms with Gasteiger partial charge in [-0.2, -0.15) is 0 Å². The molecule has 1 fully saturated rings. The Balaban J connectivity index is 2.18. The first-order chi connectivity index (χ1) is 2.89. The number of rotatable bonds is 0. The maximum atomic E-state index is 2.71. The van der Waals surface area contributed by atoms with Gasteiger partial charge < -0.3 is 4.57 Å². The van der Waals surface area contributed by atoms with Gasteiger partial charge >= 0.3 is 0 Å². The lowest BCUT2D eigenvalue weighted by Gasteiger charge is -2.00. The smallest absolute Gasteiger partial charge is 0.118 e. The molecule has 34 valence electrons. The van der Waals surface area contributed by atoms with Gasteiger partial charge in [0.2, 0.25) is 0 Å². The van der Waals surface area contributed by atoms with Crippen LogP contribution in [0.4, 0.5) is 0 Å². The molecular formula is C4H9NSi. The Bertz CT molecular complexity index is 40.8. The van der Waals surface area contributed by atoms with E-state index in [0.29, 0.717) is 0 Å². The van der Waals surface area contributed by atoms with E-state index >= 15 is 0 Å².